The molecule has 0 bridgehead atoms. The number of nitrogens with zero attached hydrogens (tertiary/aromatic N) is 1. The zero-order valence-corrected chi connectivity index (χ0v) is 15.8. The maximum atomic E-state index is 11.2. The van der Waals surface area contributed by atoms with E-state index in [1.165, 1.54) is 44.9 Å². The molecule has 1 N–H and O–H groups in total. The van der Waals surface area contributed by atoms with Crippen LogP contribution in [-0.2, 0) is 6.42 Å². The molecule has 0 atom stereocenters. The van der Waals surface area contributed by atoms with Crippen molar-refractivity contribution >= 4 is 34.6 Å². The molecule has 0 aliphatic carbocycles. The highest BCUT2D eigenvalue weighted by molar-refractivity contribution is 7.18. The Morgan fingerprint density at radius 2 is 1.58 bits per heavy atom. The van der Waals surface area contributed by atoms with Gasteiger partial charge in [-0.15, -0.1) is 11.3 Å². The first kappa shape index (κ1) is 20.9. The Morgan fingerprint density at radius 1 is 1.08 bits per heavy atom. The van der Waals surface area contributed by atoms with E-state index >= 15 is 0 Å². The smallest absolute Gasteiger partial charge is 0.346 e. The molecule has 0 aromatic carbocycles. The van der Waals surface area contributed by atoms with Crippen LogP contribution in [0.15, 0.2) is 0 Å². The van der Waals surface area contributed by atoms with E-state index in [9.17, 15) is 20.0 Å². The zero-order valence-electron chi connectivity index (χ0n) is 14.2. The van der Waals surface area contributed by atoms with Gasteiger partial charge in [0.1, 0.15) is 4.88 Å². The minimum Gasteiger partial charge on any atom is -0.477 e. The molecular weight excluding hydrogens is 350 g/mol. The normalized spacial score (nSPS) is 10.9. The molecule has 5 nitrogen and oxygen atoms in total. The van der Waals surface area contributed by atoms with Crippen molar-refractivity contribution in [2.24, 2.45) is 0 Å². The summed E-state index contributed by atoms with van der Waals surface area (Å²) in [7, 11) is 0. The summed E-state index contributed by atoms with van der Waals surface area (Å²) >= 11 is 6.62. The number of unbranched alkanes of at least 4 members (excludes halogenated alkanes) is 9. The summed E-state index contributed by atoms with van der Waals surface area (Å²) in [5.74, 6) is -1.14. The standard InChI is InChI=1S/C17H26ClNO4S/c1-2-3-4-5-6-7-8-9-10-11-12-13-14(19(22)23)16(18)24-15(13)17(20)21/h2-12H2,1H3,(H,20,21). The van der Waals surface area contributed by atoms with Crippen molar-refractivity contribution in [2.45, 2.75) is 77.6 Å². The molecule has 1 rings (SSSR count). The quantitative estimate of drug-likeness (QED) is 0.243. The molecule has 0 fully saturated rings. The molecule has 1 aromatic heterocycles. The van der Waals surface area contributed by atoms with Crippen molar-refractivity contribution < 1.29 is 14.8 Å². The van der Waals surface area contributed by atoms with E-state index in [4.69, 9.17) is 11.6 Å². The number of aromatic carboxylic acids is 1. The number of carboxylic acid groups (broad SMARTS) is 1. The number of hydrogen-bond acceptors (Lipinski definition) is 4. The van der Waals surface area contributed by atoms with E-state index in [-0.39, 0.29) is 20.5 Å². The van der Waals surface area contributed by atoms with Gasteiger partial charge in [-0.05, 0) is 12.8 Å². The Morgan fingerprint density at radius 3 is 2.04 bits per heavy atom. The Bertz CT molecular complexity index is 545. The van der Waals surface area contributed by atoms with Crippen molar-refractivity contribution in [3.63, 3.8) is 0 Å². The molecule has 1 aromatic rings. The van der Waals surface area contributed by atoms with Gasteiger partial charge in [-0.25, -0.2) is 4.79 Å². The van der Waals surface area contributed by atoms with Gasteiger partial charge in [0.25, 0.3) is 0 Å². The molecule has 0 aliphatic rings. The van der Waals surface area contributed by atoms with Gasteiger partial charge in [0, 0.05) is 0 Å². The molecule has 0 amide bonds. The van der Waals surface area contributed by atoms with Gasteiger partial charge in [0.05, 0.1) is 10.5 Å². The number of nitro groups is 1. The summed E-state index contributed by atoms with van der Waals surface area (Å²) < 4.78 is -0.0421. The fourth-order valence-electron chi connectivity index (χ4n) is 2.80. The largest absolute Gasteiger partial charge is 0.477 e. The number of carboxylic acids is 1. The van der Waals surface area contributed by atoms with Crippen LogP contribution in [0.3, 0.4) is 0 Å². The summed E-state index contributed by atoms with van der Waals surface area (Å²) in [6.45, 7) is 2.21. The summed E-state index contributed by atoms with van der Waals surface area (Å²) in [4.78, 5) is 21.7. The third-order valence-corrected chi connectivity index (χ3v) is 5.50. The van der Waals surface area contributed by atoms with Gasteiger partial charge in [0.2, 0.25) is 0 Å². The third kappa shape index (κ3) is 6.77. The van der Waals surface area contributed by atoms with E-state index in [0.717, 1.165) is 30.6 Å². The van der Waals surface area contributed by atoms with E-state index in [1.54, 1.807) is 0 Å². The number of thiophene rings is 1. The minimum absolute atomic E-state index is 0.00243. The number of carbonyl (C=O) groups is 1. The molecule has 136 valence electrons. The van der Waals surface area contributed by atoms with Gasteiger partial charge in [-0.3, -0.25) is 10.1 Å². The molecule has 0 aliphatic heterocycles. The van der Waals surface area contributed by atoms with Crippen LogP contribution in [-0.4, -0.2) is 16.0 Å². The van der Waals surface area contributed by atoms with Crippen molar-refractivity contribution in [1.82, 2.24) is 0 Å². The van der Waals surface area contributed by atoms with Crippen molar-refractivity contribution in [3.05, 3.63) is 24.9 Å². The van der Waals surface area contributed by atoms with Crippen LogP contribution in [0.25, 0.3) is 0 Å². The molecule has 1 heterocycles. The Balaban J connectivity index is 2.35. The second-order valence-electron chi connectivity index (χ2n) is 6.03. The van der Waals surface area contributed by atoms with Gasteiger partial charge in [-0.2, -0.15) is 0 Å². The van der Waals surface area contributed by atoms with Crippen molar-refractivity contribution in [3.8, 4) is 0 Å². The highest BCUT2D eigenvalue weighted by Gasteiger charge is 2.29. The number of halogens is 1. The highest BCUT2D eigenvalue weighted by Crippen LogP contribution is 2.40. The lowest BCUT2D eigenvalue weighted by molar-refractivity contribution is -0.385. The first-order chi connectivity index (χ1) is 11.5. The fraction of sp³-hybridized carbons (Fsp3) is 0.706. The maximum Gasteiger partial charge on any atom is 0.346 e. The van der Waals surface area contributed by atoms with E-state index in [2.05, 4.69) is 6.92 Å². The minimum atomic E-state index is -1.14. The zero-order chi connectivity index (χ0) is 17.9. The highest BCUT2D eigenvalue weighted by atomic mass is 35.5. The van der Waals surface area contributed by atoms with Gasteiger partial charge >= 0.3 is 11.7 Å². The van der Waals surface area contributed by atoms with Crippen LogP contribution in [0.2, 0.25) is 4.34 Å². The average Bonchev–Trinajstić information content (AvgIpc) is 2.86. The van der Waals surface area contributed by atoms with Crippen LogP contribution >= 0.6 is 22.9 Å². The second kappa shape index (κ2) is 11.4. The van der Waals surface area contributed by atoms with E-state index in [1.807, 2.05) is 0 Å². The molecular formula is C17H26ClNO4S. The summed E-state index contributed by atoms with van der Waals surface area (Å²) in [6, 6.07) is 0. The van der Waals surface area contributed by atoms with E-state index in [0.29, 0.717) is 6.42 Å². The first-order valence-electron chi connectivity index (χ1n) is 8.67. The topological polar surface area (TPSA) is 80.4 Å². The number of rotatable bonds is 13. The maximum absolute atomic E-state index is 11.2. The molecule has 0 saturated carbocycles. The van der Waals surface area contributed by atoms with E-state index < -0.39 is 10.9 Å². The predicted molar refractivity (Wildman–Crippen MR) is 98.5 cm³/mol. The fourth-order valence-corrected chi connectivity index (χ4v) is 4.10. The number of hydrogen-bond donors (Lipinski definition) is 1. The van der Waals surface area contributed by atoms with Gasteiger partial charge in [-0.1, -0.05) is 76.3 Å². The lowest BCUT2D eigenvalue weighted by Crippen LogP contribution is -2.01. The van der Waals surface area contributed by atoms with Gasteiger partial charge < -0.3 is 5.11 Å². The van der Waals surface area contributed by atoms with Crippen LogP contribution in [0.1, 0.15) is 86.4 Å². The monoisotopic (exact) mass is 375 g/mol. The molecule has 0 spiro atoms. The van der Waals surface area contributed by atoms with Crippen molar-refractivity contribution in [2.75, 3.05) is 0 Å². The summed E-state index contributed by atoms with van der Waals surface area (Å²) in [5.41, 5.74) is 0.0528. The van der Waals surface area contributed by atoms with Crippen molar-refractivity contribution in [1.29, 1.82) is 0 Å². The SMILES string of the molecule is CCCCCCCCCCCCc1c(C(=O)O)sc(Cl)c1[N+](=O)[O-]. The van der Waals surface area contributed by atoms with Gasteiger partial charge in [0.15, 0.2) is 4.34 Å². The summed E-state index contributed by atoms with van der Waals surface area (Å²) in [6.07, 6.45) is 12.1. The molecule has 0 radical (unpaired) electrons. The average molecular weight is 376 g/mol. The lowest BCUT2D eigenvalue weighted by atomic mass is 10.0. The first-order valence-corrected chi connectivity index (χ1v) is 9.87. The molecule has 0 unspecified atom stereocenters. The summed E-state index contributed by atoms with van der Waals surface area (Å²) in [5, 5.41) is 20.3. The predicted octanol–water partition coefficient (Wildman–Crippen LogP) is 6.47. The third-order valence-electron chi connectivity index (χ3n) is 4.09. The van der Waals surface area contributed by atoms with Crippen LogP contribution in [0.5, 0.6) is 0 Å². The van der Waals surface area contributed by atoms with Crippen LogP contribution in [0.4, 0.5) is 5.69 Å². The Hall–Kier alpha value is -1.14. The lowest BCUT2D eigenvalue weighted by Gasteiger charge is -2.03. The second-order valence-corrected chi connectivity index (χ2v) is 7.65. The van der Waals surface area contributed by atoms with Crippen LogP contribution in [0, 0.1) is 10.1 Å². The van der Waals surface area contributed by atoms with Crippen LogP contribution < -0.4 is 0 Å². The molecule has 7 heteroatoms. The molecule has 24 heavy (non-hydrogen) atoms. The Labute approximate surface area is 152 Å². The Kier molecular flexibility index (Phi) is 9.95. The molecule has 0 saturated heterocycles.